The number of nitrogen functional groups attached to an aromatic ring is 1. The van der Waals surface area contributed by atoms with Gasteiger partial charge in [0.05, 0.1) is 12.9 Å². The average Bonchev–Trinajstić information content (AvgIpc) is 3.40. The number of amides is 1. The first-order chi connectivity index (χ1) is 17.3. The standard InChI is InChI=1S/C24H29F2N9O/c25-14-7-33(8-14)9-16-17(10-35-13-31-20-21(27)29-12-30-22(20)35)19(4-3-18(16)26)34-6-5-24(28,11-34)23(36)32-15-1-2-15/h3-4,12-15H,1-2,5-11,28H2,(H,32,36)(H2,27,29,30)/t24-/m1/s1. The van der Waals surface area contributed by atoms with Gasteiger partial charge >= 0.3 is 0 Å². The molecule has 1 amide bonds. The summed E-state index contributed by atoms with van der Waals surface area (Å²) in [6, 6.07) is 3.39. The zero-order chi connectivity index (χ0) is 25.0. The summed E-state index contributed by atoms with van der Waals surface area (Å²) in [6.45, 7) is 1.98. The molecule has 12 heteroatoms. The van der Waals surface area contributed by atoms with E-state index in [0.29, 0.717) is 36.2 Å². The van der Waals surface area contributed by atoms with Gasteiger partial charge in [0.1, 0.15) is 29.4 Å². The molecular formula is C24H29F2N9O. The Labute approximate surface area is 206 Å². The zero-order valence-electron chi connectivity index (χ0n) is 19.8. The molecule has 2 saturated heterocycles. The van der Waals surface area contributed by atoms with Crippen LogP contribution in [0.15, 0.2) is 24.8 Å². The lowest BCUT2D eigenvalue weighted by Crippen LogP contribution is -2.56. The van der Waals surface area contributed by atoms with E-state index >= 15 is 4.39 Å². The fourth-order valence-electron chi connectivity index (χ4n) is 5.12. The summed E-state index contributed by atoms with van der Waals surface area (Å²) < 4.78 is 30.6. The number of hydrogen-bond donors (Lipinski definition) is 3. The molecule has 2 aromatic heterocycles. The van der Waals surface area contributed by atoms with Crippen molar-refractivity contribution in [2.75, 3.05) is 36.8 Å². The van der Waals surface area contributed by atoms with Crippen molar-refractivity contribution in [1.29, 1.82) is 0 Å². The molecule has 4 heterocycles. The molecule has 2 aliphatic heterocycles. The van der Waals surface area contributed by atoms with E-state index in [-0.39, 0.29) is 49.8 Å². The van der Waals surface area contributed by atoms with E-state index in [0.717, 1.165) is 24.1 Å². The lowest BCUT2D eigenvalue weighted by Gasteiger charge is -2.35. The van der Waals surface area contributed by atoms with Crippen LogP contribution in [0.5, 0.6) is 0 Å². The molecule has 190 valence electrons. The van der Waals surface area contributed by atoms with Gasteiger partial charge < -0.3 is 26.3 Å². The molecule has 1 aromatic carbocycles. The van der Waals surface area contributed by atoms with Gasteiger partial charge in [-0.25, -0.2) is 23.7 Å². The van der Waals surface area contributed by atoms with Crippen molar-refractivity contribution in [2.45, 2.75) is 50.1 Å². The van der Waals surface area contributed by atoms with Crippen LogP contribution in [0.25, 0.3) is 11.2 Å². The number of anilines is 2. The van der Waals surface area contributed by atoms with Crippen LogP contribution in [0, 0.1) is 5.82 Å². The first-order valence-corrected chi connectivity index (χ1v) is 12.2. The monoisotopic (exact) mass is 497 g/mol. The van der Waals surface area contributed by atoms with Gasteiger partial charge in [0.25, 0.3) is 0 Å². The summed E-state index contributed by atoms with van der Waals surface area (Å²) in [6.07, 6.45) is 4.55. The van der Waals surface area contributed by atoms with Gasteiger partial charge in [0.2, 0.25) is 5.91 Å². The van der Waals surface area contributed by atoms with Crippen LogP contribution in [0.2, 0.25) is 0 Å². The molecule has 3 fully saturated rings. The highest BCUT2D eigenvalue weighted by molar-refractivity contribution is 5.88. The van der Waals surface area contributed by atoms with E-state index in [4.69, 9.17) is 11.5 Å². The van der Waals surface area contributed by atoms with Crippen LogP contribution in [-0.2, 0) is 17.9 Å². The summed E-state index contributed by atoms with van der Waals surface area (Å²) in [7, 11) is 0. The molecule has 0 radical (unpaired) electrons. The fourth-order valence-corrected chi connectivity index (χ4v) is 5.12. The van der Waals surface area contributed by atoms with Crippen molar-refractivity contribution < 1.29 is 13.6 Å². The summed E-state index contributed by atoms with van der Waals surface area (Å²) in [4.78, 5) is 29.4. The van der Waals surface area contributed by atoms with Crippen LogP contribution in [0.4, 0.5) is 20.3 Å². The van der Waals surface area contributed by atoms with Gasteiger partial charge in [0, 0.05) is 55.6 Å². The second-order valence-electron chi connectivity index (χ2n) is 10.2. The van der Waals surface area contributed by atoms with Crippen molar-refractivity contribution in [2.24, 2.45) is 5.73 Å². The van der Waals surface area contributed by atoms with Gasteiger partial charge in [-0.3, -0.25) is 9.69 Å². The van der Waals surface area contributed by atoms with E-state index in [1.165, 1.54) is 12.4 Å². The Balaban J connectivity index is 1.36. The molecule has 0 bridgehead atoms. The molecule has 3 aliphatic rings. The number of likely N-dealkylation sites (tertiary alicyclic amines) is 1. The normalized spacial score (nSPS) is 22.8. The summed E-state index contributed by atoms with van der Waals surface area (Å²) >= 11 is 0. The molecule has 0 unspecified atom stereocenters. The van der Waals surface area contributed by atoms with E-state index in [1.807, 2.05) is 9.80 Å². The van der Waals surface area contributed by atoms with E-state index in [2.05, 4.69) is 20.3 Å². The molecule has 6 rings (SSSR count). The molecule has 5 N–H and O–H groups in total. The minimum Gasteiger partial charge on any atom is -0.382 e. The lowest BCUT2D eigenvalue weighted by atomic mass is 9.98. The van der Waals surface area contributed by atoms with Crippen molar-refractivity contribution in [3.05, 3.63) is 41.7 Å². The number of benzene rings is 1. The van der Waals surface area contributed by atoms with E-state index in [9.17, 15) is 9.18 Å². The topological polar surface area (TPSA) is 131 Å². The molecule has 10 nitrogen and oxygen atoms in total. The number of carbonyl (C=O) groups excluding carboxylic acids is 1. The number of hydrogen-bond acceptors (Lipinski definition) is 8. The number of halogens is 2. The van der Waals surface area contributed by atoms with Crippen molar-refractivity contribution in [1.82, 2.24) is 29.7 Å². The highest BCUT2D eigenvalue weighted by atomic mass is 19.1. The minimum absolute atomic E-state index is 0.140. The zero-order valence-corrected chi connectivity index (χ0v) is 19.8. The van der Waals surface area contributed by atoms with Gasteiger partial charge in [-0.15, -0.1) is 0 Å². The van der Waals surface area contributed by atoms with Gasteiger partial charge in [-0.2, -0.15) is 0 Å². The minimum atomic E-state index is -1.02. The molecule has 1 aliphatic carbocycles. The fraction of sp³-hybridized carbons (Fsp3) is 0.500. The van der Waals surface area contributed by atoms with Gasteiger partial charge in [0.15, 0.2) is 11.5 Å². The third-order valence-electron chi connectivity index (χ3n) is 7.41. The molecule has 0 spiro atoms. The summed E-state index contributed by atoms with van der Waals surface area (Å²) in [5.41, 5.74) is 14.5. The SMILES string of the molecule is Nc1ncnc2c1ncn2Cc1c(N2CC[C@](N)(C(=O)NC3CC3)C2)ccc(F)c1CN1CC(F)C1. The number of rotatable bonds is 7. The second kappa shape index (κ2) is 8.63. The van der Waals surface area contributed by atoms with Crippen LogP contribution in [0.3, 0.4) is 0 Å². The highest BCUT2D eigenvalue weighted by Gasteiger charge is 2.43. The Hall–Kier alpha value is -3.38. The predicted molar refractivity (Wildman–Crippen MR) is 130 cm³/mol. The Morgan fingerprint density at radius 1 is 1.17 bits per heavy atom. The average molecular weight is 498 g/mol. The van der Waals surface area contributed by atoms with Crippen LogP contribution < -0.4 is 21.7 Å². The lowest BCUT2D eigenvalue weighted by molar-refractivity contribution is -0.125. The number of alkyl halides is 1. The summed E-state index contributed by atoms with van der Waals surface area (Å²) in [5, 5.41) is 3.02. The van der Waals surface area contributed by atoms with Crippen LogP contribution in [0.1, 0.15) is 30.4 Å². The number of carbonyl (C=O) groups is 1. The molecule has 1 atom stereocenters. The first kappa shape index (κ1) is 23.0. The van der Waals surface area contributed by atoms with Crippen molar-refractivity contribution in [3.63, 3.8) is 0 Å². The van der Waals surface area contributed by atoms with Crippen molar-refractivity contribution >= 4 is 28.6 Å². The van der Waals surface area contributed by atoms with Gasteiger partial charge in [-0.1, -0.05) is 0 Å². The number of aromatic nitrogens is 4. The Morgan fingerprint density at radius 2 is 1.97 bits per heavy atom. The molecule has 1 saturated carbocycles. The first-order valence-electron chi connectivity index (χ1n) is 12.2. The number of nitrogens with zero attached hydrogens (tertiary/aromatic N) is 6. The highest BCUT2D eigenvalue weighted by Crippen LogP contribution is 2.34. The predicted octanol–water partition coefficient (Wildman–Crippen LogP) is 0.936. The Kier molecular flexibility index (Phi) is 5.52. The third kappa shape index (κ3) is 4.13. The smallest absolute Gasteiger partial charge is 0.242 e. The van der Waals surface area contributed by atoms with Gasteiger partial charge in [-0.05, 0) is 31.4 Å². The number of fused-ring (bicyclic) bond motifs is 1. The summed E-state index contributed by atoms with van der Waals surface area (Å²) in [5.74, 6) is -0.236. The molecular weight excluding hydrogens is 468 g/mol. The molecule has 36 heavy (non-hydrogen) atoms. The van der Waals surface area contributed by atoms with Crippen LogP contribution in [-0.4, -0.2) is 74.3 Å². The van der Waals surface area contributed by atoms with Crippen LogP contribution >= 0.6 is 0 Å². The quantitative estimate of drug-likeness (QED) is 0.440. The number of nitrogens with two attached hydrogens (primary N) is 2. The Bertz CT molecular complexity index is 1320. The number of imidazole rings is 1. The number of nitrogens with one attached hydrogen (secondary N) is 1. The van der Waals surface area contributed by atoms with E-state index in [1.54, 1.807) is 17.0 Å². The second-order valence-corrected chi connectivity index (χ2v) is 10.2. The largest absolute Gasteiger partial charge is 0.382 e. The maximum atomic E-state index is 15.3. The third-order valence-corrected chi connectivity index (χ3v) is 7.41. The van der Waals surface area contributed by atoms with E-state index < -0.39 is 11.7 Å². The maximum absolute atomic E-state index is 15.3. The maximum Gasteiger partial charge on any atom is 0.242 e. The molecule has 3 aromatic rings. The van der Waals surface area contributed by atoms with Crippen molar-refractivity contribution in [3.8, 4) is 0 Å². The Morgan fingerprint density at radius 3 is 2.72 bits per heavy atom.